The van der Waals surface area contributed by atoms with Crippen molar-refractivity contribution >= 4 is 44.7 Å². The highest BCUT2D eigenvalue weighted by molar-refractivity contribution is 7.91. The van der Waals surface area contributed by atoms with Crippen molar-refractivity contribution in [3.05, 3.63) is 47.7 Å². The fourth-order valence-electron chi connectivity index (χ4n) is 8.65. The van der Waals surface area contributed by atoms with Crippen LogP contribution < -0.4 is 20.1 Å². The molecule has 4 fully saturated rings. The molecule has 13 nitrogen and oxygen atoms in total. The summed E-state index contributed by atoms with van der Waals surface area (Å²) in [5.74, 6) is -1.21. The number of hydrogen-bond acceptors (Lipinski definition) is 9. The van der Waals surface area contributed by atoms with E-state index in [1.54, 1.807) is 6.92 Å². The first-order valence-electron chi connectivity index (χ1n) is 19.6. The first-order chi connectivity index (χ1) is 25.7. The summed E-state index contributed by atoms with van der Waals surface area (Å²) in [5.41, 5.74) is 0.177. The molecule has 1 aromatic carbocycles. The summed E-state index contributed by atoms with van der Waals surface area (Å²) >= 11 is 0. The molecule has 54 heavy (non-hydrogen) atoms. The Morgan fingerprint density at radius 2 is 1.85 bits per heavy atom. The van der Waals surface area contributed by atoms with E-state index in [2.05, 4.69) is 15.4 Å². The number of para-hydroxylation sites is 1. The van der Waals surface area contributed by atoms with Gasteiger partial charge in [-0.25, -0.2) is 18.2 Å². The van der Waals surface area contributed by atoms with Crippen molar-refractivity contribution in [1.82, 2.24) is 25.2 Å². The van der Waals surface area contributed by atoms with Crippen LogP contribution in [0.15, 0.2) is 36.4 Å². The van der Waals surface area contributed by atoms with Crippen LogP contribution in [0.25, 0.3) is 10.9 Å². The number of alkyl carbamates (subject to hydrolysis) is 1. The summed E-state index contributed by atoms with van der Waals surface area (Å²) < 4.78 is 40.2. The first kappa shape index (κ1) is 36.8. The molecule has 3 saturated carbocycles. The zero-order valence-corrected chi connectivity index (χ0v) is 32.1. The molecule has 4 amide bonds. The second-order valence-corrected chi connectivity index (χ2v) is 19.1. The van der Waals surface area contributed by atoms with E-state index in [1.165, 1.54) is 4.90 Å². The summed E-state index contributed by atoms with van der Waals surface area (Å²) in [4.78, 5) is 62.8. The van der Waals surface area contributed by atoms with Crippen LogP contribution >= 0.6 is 0 Å². The van der Waals surface area contributed by atoms with Gasteiger partial charge in [-0.2, -0.15) is 0 Å². The second-order valence-electron chi connectivity index (χ2n) is 16.9. The molecule has 0 radical (unpaired) electrons. The third kappa shape index (κ3) is 6.83. The monoisotopic (exact) mass is 761 g/mol. The minimum absolute atomic E-state index is 0.0800. The van der Waals surface area contributed by atoms with Gasteiger partial charge in [-0.3, -0.25) is 19.1 Å². The van der Waals surface area contributed by atoms with Gasteiger partial charge in [-0.15, -0.1) is 0 Å². The van der Waals surface area contributed by atoms with Gasteiger partial charge in [0.25, 0.3) is 5.91 Å². The van der Waals surface area contributed by atoms with Crippen molar-refractivity contribution in [2.45, 2.75) is 138 Å². The number of nitrogens with one attached hydrogen (secondary N) is 3. The maximum absolute atomic E-state index is 14.7. The molecule has 1 unspecified atom stereocenters. The largest absolute Gasteiger partial charge is 0.483 e. The van der Waals surface area contributed by atoms with E-state index in [1.807, 2.05) is 50.3 Å². The molecule has 2 aromatic rings. The van der Waals surface area contributed by atoms with Crippen LogP contribution in [0.3, 0.4) is 0 Å². The van der Waals surface area contributed by atoms with Crippen molar-refractivity contribution in [2.24, 2.45) is 11.8 Å². The Morgan fingerprint density at radius 1 is 1.07 bits per heavy atom. The lowest BCUT2D eigenvalue weighted by atomic mass is 9.87. The number of carbonyl (C=O) groups is 4. The SMILES string of the molecule is Cc1nc2ccccc2c2c1O[C@]1(CC2)C[C@H]2C(=O)N[C@]3(C(=O)NS(=O)(=O)C4(C)CC4)C[C@@H]3/C=C\CCCCC[C@H](NC(=O)OC(C)C3CC3)C(=O)N2C1. The predicted octanol–water partition coefficient (Wildman–Crippen LogP) is 4.49. The number of hydrogen-bond donors (Lipinski definition) is 3. The Labute approximate surface area is 316 Å². The van der Waals surface area contributed by atoms with Gasteiger partial charge in [0, 0.05) is 23.3 Å². The van der Waals surface area contributed by atoms with Crippen LogP contribution in [0.2, 0.25) is 0 Å². The molecule has 0 bridgehead atoms. The minimum Gasteiger partial charge on any atom is -0.483 e. The van der Waals surface area contributed by atoms with Crippen molar-refractivity contribution in [3.8, 4) is 5.75 Å². The third-order valence-corrected chi connectivity index (χ3v) is 14.9. The van der Waals surface area contributed by atoms with Gasteiger partial charge in [0.2, 0.25) is 21.8 Å². The molecule has 4 heterocycles. The molecule has 3 N–H and O–H groups in total. The van der Waals surface area contributed by atoms with Gasteiger partial charge in [0.1, 0.15) is 35.1 Å². The number of sulfonamides is 1. The molecule has 6 aliphatic rings. The Bertz CT molecular complexity index is 2030. The number of pyridine rings is 1. The molecular weight excluding hydrogens is 711 g/mol. The lowest BCUT2D eigenvalue weighted by Gasteiger charge is -2.36. The Morgan fingerprint density at radius 3 is 2.61 bits per heavy atom. The molecule has 290 valence electrons. The normalized spacial score (nSPS) is 31.7. The third-order valence-electron chi connectivity index (χ3n) is 12.8. The average Bonchev–Trinajstić information content (AvgIpc) is 4.06. The Balaban J connectivity index is 1.12. The van der Waals surface area contributed by atoms with E-state index < -0.39 is 67.7 Å². The predicted molar refractivity (Wildman–Crippen MR) is 200 cm³/mol. The summed E-state index contributed by atoms with van der Waals surface area (Å²) in [6, 6.07) is 5.89. The molecule has 1 aromatic heterocycles. The molecule has 1 saturated heterocycles. The maximum atomic E-state index is 14.7. The average molecular weight is 762 g/mol. The number of aromatic nitrogens is 1. The number of amides is 4. The van der Waals surface area contributed by atoms with E-state index in [0.717, 1.165) is 42.1 Å². The fraction of sp³-hybridized carbons (Fsp3) is 0.625. The van der Waals surface area contributed by atoms with Crippen LogP contribution in [0.4, 0.5) is 4.79 Å². The van der Waals surface area contributed by atoms with Gasteiger partial charge in [0.05, 0.1) is 22.5 Å². The number of allylic oxidation sites excluding steroid dienone is 1. The van der Waals surface area contributed by atoms with E-state index in [9.17, 15) is 27.6 Å². The molecule has 8 rings (SSSR count). The number of aryl methyl sites for hydroxylation is 2. The Kier molecular flexibility index (Phi) is 9.21. The van der Waals surface area contributed by atoms with Crippen molar-refractivity contribution in [2.75, 3.05) is 6.54 Å². The number of fused-ring (bicyclic) bond motifs is 5. The quantitative estimate of drug-likeness (QED) is 0.359. The van der Waals surface area contributed by atoms with E-state index in [-0.39, 0.29) is 25.5 Å². The summed E-state index contributed by atoms with van der Waals surface area (Å²) in [7, 11) is -3.97. The van der Waals surface area contributed by atoms with Gasteiger partial charge < -0.3 is 25.0 Å². The number of ether oxygens (including phenoxy) is 2. The highest BCUT2D eigenvalue weighted by Crippen LogP contribution is 2.49. The summed E-state index contributed by atoms with van der Waals surface area (Å²) in [6.07, 6.45) is 10.7. The highest BCUT2D eigenvalue weighted by atomic mass is 32.2. The van der Waals surface area contributed by atoms with Crippen LogP contribution in [-0.2, 0) is 35.6 Å². The number of carbonyl (C=O) groups excluding carboxylic acids is 4. The standard InChI is InChI=1S/C40H51N5O8S/c1-24-33-29(28-12-9-10-13-30(28)41-24)17-18-39(53-33)22-32-34(46)43-40(36(48)44-54(50,51)38(3)19-20-38)21-27(40)11-7-5-4-6-8-14-31(35(47)45(32)23-39)42-37(49)52-25(2)26-15-16-26/h7,9-13,25-27,31-32H,4-6,8,14-23H2,1-3H3,(H,42,49)(H,43,46)(H,44,48)/b11-7-/t25?,27-,31-,32-,39+,40+/m0/s1. The second kappa shape index (κ2) is 13.5. The molecule has 1 spiro atoms. The Hall–Kier alpha value is -4.20. The maximum Gasteiger partial charge on any atom is 0.408 e. The van der Waals surface area contributed by atoms with E-state index >= 15 is 0 Å². The smallest absolute Gasteiger partial charge is 0.408 e. The van der Waals surface area contributed by atoms with Gasteiger partial charge in [0.15, 0.2) is 0 Å². The molecule has 3 aliphatic carbocycles. The van der Waals surface area contributed by atoms with Crippen molar-refractivity contribution in [3.63, 3.8) is 0 Å². The number of nitrogens with zero attached hydrogens (tertiary/aromatic N) is 2. The molecule has 6 atom stereocenters. The van der Waals surface area contributed by atoms with Crippen molar-refractivity contribution < 1.29 is 37.1 Å². The van der Waals surface area contributed by atoms with Crippen LogP contribution in [0, 0.1) is 18.8 Å². The summed E-state index contributed by atoms with van der Waals surface area (Å²) in [5, 5.41) is 6.80. The zero-order valence-electron chi connectivity index (χ0n) is 31.3. The zero-order chi connectivity index (χ0) is 38.0. The van der Waals surface area contributed by atoms with Crippen LogP contribution in [0.1, 0.15) is 102 Å². The minimum atomic E-state index is -3.97. The van der Waals surface area contributed by atoms with Gasteiger partial charge in [-0.05, 0) is 97.0 Å². The molecular formula is C40H51N5O8S. The number of rotatable bonds is 6. The highest BCUT2D eigenvalue weighted by Gasteiger charge is 2.64. The first-order valence-corrected chi connectivity index (χ1v) is 21.1. The topological polar surface area (TPSA) is 173 Å². The lowest BCUT2D eigenvalue weighted by molar-refractivity contribution is -0.141. The molecule has 14 heteroatoms. The van der Waals surface area contributed by atoms with Crippen LogP contribution in [-0.4, -0.2) is 82.7 Å². The lowest BCUT2D eigenvalue weighted by Crippen LogP contribution is -2.58. The van der Waals surface area contributed by atoms with Gasteiger partial charge >= 0.3 is 6.09 Å². The van der Waals surface area contributed by atoms with E-state index in [4.69, 9.17) is 14.5 Å². The van der Waals surface area contributed by atoms with Gasteiger partial charge in [-0.1, -0.05) is 43.2 Å². The van der Waals surface area contributed by atoms with Crippen LogP contribution in [0.5, 0.6) is 5.75 Å². The van der Waals surface area contributed by atoms with Crippen molar-refractivity contribution in [1.29, 1.82) is 0 Å². The number of benzene rings is 1. The van der Waals surface area contributed by atoms with E-state index in [0.29, 0.717) is 62.3 Å². The summed E-state index contributed by atoms with van der Waals surface area (Å²) in [6.45, 7) is 5.44. The fourth-order valence-corrected chi connectivity index (χ4v) is 9.96. The molecule has 3 aliphatic heterocycles.